The summed E-state index contributed by atoms with van der Waals surface area (Å²) in [5, 5.41) is 6.60. The summed E-state index contributed by atoms with van der Waals surface area (Å²) in [6.07, 6.45) is 0. The van der Waals surface area contributed by atoms with E-state index in [2.05, 4.69) is 33.0 Å². The van der Waals surface area contributed by atoms with Crippen LogP contribution in [0, 0.1) is 3.57 Å². The summed E-state index contributed by atoms with van der Waals surface area (Å²) in [6.45, 7) is -0.923. The molecule has 1 aromatic heterocycles. The lowest BCUT2D eigenvalue weighted by Gasteiger charge is -2.07. The van der Waals surface area contributed by atoms with Crippen molar-refractivity contribution in [1.82, 2.24) is 9.78 Å². The lowest BCUT2D eigenvalue weighted by Crippen LogP contribution is -2.26. The molecule has 27 heavy (non-hydrogen) atoms. The van der Waals surface area contributed by atoms with Crippen molar-refractivity contribution in [2.75, 3.05) is 11.9 Å². The van der Waals surface area contributed by atoms with E-state index in [9.17, 15) is 14.4 Å². The van der Waals surface area contributed by atoms with Crippen molar-refractivity contribution in [2.45, 2.75) is 6.54 Å². The Morgan fingerprint density at radius 2 is 1.81 bits per heavy atom. The van der Waals surface area contributed by atoms with Crippen molar-refractivity contribution in [1.29, 1.82) is 0 Å². The highest BCUT2D eigenvalue weighted by Crippen LogP contribution is 2.16. The normalized spacial score (nSPS) is 10.4. The van der Waals surface area contributed by atoms with Crippen LogP contribution >= 0.6 is 22.6 Å². The van der Waals surface area contributed by atoms with E-state index >= 15 is 0 Å². The zero-order valence-electron chi connectivity index (χ0n) is 13.9. The number of anilines is 1. The Hall–Kier alpha value is -2.95. The minimum atomic E-state index is -0.783. The zero-order valence-corrected chi connectivity index (χ0v) is 16.1. The monoisotopic (exact) mass is 479 g/mol. The lowest BCUT2D eigenvalue weighted by molar-refractivity contribution is -0.148. The van der Waals surface area contributed by atoms with Gasteiger partial charge in [0, 0.05) is 9.13 Å². The second kappa shape index (κ2) is 8.62. The second-order valence-corrected chi connectivity index (χ2v) is 6.55. The standard InChI is InChI=1S/C18H14IN3O5/c19-13-8-4-5-9-14(13)20-15(23)11-26-16(24)10-22-18(25)27-17(21-22)12-6-2-1-3-7-12/h1-9H,10-11H2,(H,20,23). The Balaban J connectivity index is 1.55. The summed E-state index contributed by atoms with van der Waals surface area (Å²) in [4.78, 5) is 35.6. The zero-order chi connectivity index (χ0) is 19.2. The molecule has 0 atom stereocenters. The number of nitrogens with zero attached hydrogens (tertiary/aromatic N) is 2. The van der Waals surface area contributed by atoms with Crippen LogP contribution in [0.4, 0.5) is 5.69 Å². The topological polar surface area (TPSA) is 103 Å². The third-order valence-corrected chi connectivity index (χ3v) is 4.36. The fourth-order valence-corrected chi connectivity index (χ4v) is 2.69. The molecule has 0 aliphatic rings. The minimum Gasteiger partial charge on any atom is -0.454 e. The summed E-state index contributed by atoms with van der Waals surface area (Å²) in [5.74, 6) is -1.94. The molecular formula is C18H14IN3O5. The Bertz CT molecular complexity index is 1010. The third kappa shape index (κ3) is 5.03. The predicted octanol–water partition coefficient (Wildman–Crippen LogP) is 2.29. The van der Waals surface area contributed by atoms with E-state index in [-0.39, 0.29) is 5.89 Å². The lowest BCUT2D eigenvalue weighted by atomic mass is 10.2. The van der Waals surface area contributed by atoms with Gasteiger partial charge in [-0.25, -0.2) is 4.79 Å². The van der Waals surface area contributed by atoms with Crippen LogP contribution in [0.1, 0.15) is 0 Å². The molecule has 0 bridgehead atoms. The van der Waals surface area contributed by atoms with Crippen LogP contribution in [-0.2, 0) is 20.9 Å². The molecule has 0 saturated carbocycles. The number of nitrogens with one attached hydrogen (secondary N) is 1. The van der Waals surface area contributed by atoms with Gasteiger partial charge in [0.15, 0.2) is 6.61 Å². The number of para-hydroxylation sites is 1. The first-order valence-corrected chi connectivity index (χ1v) is 8.94. The molecule has 9 heteroatoms. The van der Waals surface area contributed by atoms with Gasteiger partial charge in [0.2, 0.25) is 5.89 Å². The molecule has 0 unspecified atom stereocenters. The van der Waals surface area contributed by atoms with Crippen molar-refractivity contribution >= 4 is 40.2 Å². The van der Waals surface area contributed by atoms with E-state index in [1.807, 2.05) is 18.2 Å². The van der Waals surface area contributed by atoms with Gasteiger partial charge in [0.25, 0.3) is 5.91 Å². The number of rotatable bonds is 6. The highest BCUT2D eigenvalue weighted by molar-refractivity contribution is 14.1. The largest absolute Gasteiger partial charge is 0.454 e. The molecule has 0 radical (unpaired) electrons. The first kappa shape index (κ1) is 18.8. The Morgan fingerprint density at radius 1 is 1.11 bits per heavy atom. The van der Waals surface area contributed by atoms with Gasteiger partial charge in [0.05, 0.1) is 5.69 Å². The van der Waals surface area contributed by atoms with Crippen LogP contribution in [-0.4, -0.2) is 28.3 Å². The molecule has 0 aliphatic heterocycles. The molecule has 138 valence electrons. The van der Waals surface area contributed by atoms with E-state index in [0.717, 1.165) is 8.25 Å². The third-order valence-electron chi connectivity index (χ3n) is 3.42. The summed E-state index contributed by atoms with van der Waals surface area (Å²) in [5.41, 5.74) is 1.23. The number of amides is 1. The summed E-state index contributed by atoms with van der Waals surface area (Å²) < 4.78 is 11.6. The second-order valence-electron chi connectivity index (χ2n) is 5.39. The van der Waals surface area contributed by atoms with Crippen LogP contribution in [0.5, 0.6) is 0 Å². The van der Waals surface area contributed by atoms with E-state index in [0.29, 0.717) is 11.3 Å². The van der Waals surface area contributed by atoms with Gasteiger partial charge < -0.3 is 14.5 Å². The maximum absolute atomic E-state index is 11.9. The van der Waals surface area contributed by atoms with Crippen LogP contribution in [0.2, 0.25) is 0 Å². The van der Waals surface area contributed by atoms with E-state index in [1.54, 1.807) is 36.4 Å². The van der Waals surface area contributed by atoms with Crippen molar-refractivity contribution in [3.8, 4) is 11.5 Å². The van der Waals surface area contributed by atoms with Gasteiger partial charge >= 0.3 is 11.7 Å². The van der Waals surface area contributed by atoms with E-state index in [4.69, 9.17) is 9.15 Å². The minimum absolute atomic E-state index is 0.102. The summed E-state index contributed by atoms with van der Waals surface area (Å²) in [7, 11) is 0. The Labute approximate surface area is 167 Å². The van der Waals surface area contributed by atoms with Gasteiger partial charge in [-0.15, -0.1) is 5.10 Å². The smallest absolute Gasteiger partial charge is 0.437 e. The maximum atomic E-state index is 11.9. The fourth-order valence-electron chi connectivity index (χ4n) is 2.17. The molecule has 8 nitrogen and oxygen atoms in total. The Kier molecular flexibility index (Phi) is 6.01. The number of ether oxygens (including phenoxy) is 1. The van der Waals surface area contributed by atoms with Crippen molar-refractivity contribution in [3.05, 3.63) is 68.7 Å². The Morgan fingerprint density at radius 3 is 2.56 bits per heavy atom. The first-order chi connectivity index (χ1) is 13.0. The van der Waals surface area contributed by atoms with Gasteiger partial charge in [-0.1, -0.05) is 30.3 Å². The van der Waals surface area contributed by atoms with Gasteiger partial charge in [0.1, 0.15) is 6.54 Å². The molecule has 3 rings (SSSR count). The van der Waals surface area contributed by atoms with Crippen molar-refractivity contribution in [2.24, 2.45) is 0 Å². The van der Waals surface area contributed by atoms with E-state index in [1.165, 1.54) is 0 Å². The van der Waals surface area contributed by atoms with Crippen LogP contribution < -0.4 is 11.1 Å². The number of aromatic nitrogens is 2. The average molecular weight is 479 g/mol. The molecule has 3 aromatic rings. The highest BCUT2D eigenvalue weighted by Gasteiger charge is 2.15. The molecule has 0 fully saturated rings. The molecule has 1 N–H and O–H groups in total. The predicted molar refractivity (Wildman–Crippen MR) is 105 cm³/mol. The molecule has 2 aromatic carbocycles. The highest BCUT2D eigenvalue weighted by atomic mass is 127. The molecule has 0 saturated heterocycles. The summed E-state index contributed by atoms with van der Waals surface area (Å²) >= 11 is 2.08. The van der Waals surface area contributed by atoms with Crippen LogP contribution in [0.25, 0.3) is 11.5 Å². The van der Waals surface area contributed by atoms with Crippen LogP contribution in [0.3, 0.4) is 0 Å². The fraction of sp³-hybridized carbons (Fsp3) is 0.111. The number of hydrogen-bond donors (Lipinski definition) is 1. The number of benzene rings is 2. The molecule has 0 aliphatic carbocycles. The van der Waals surface area contributed by atoms with Gasteiger partial charge in [-0.2, -0.15) is 4.68 Å². The molecule has 1 amide bonds. The van der Waals surface area contributed by atoms with Crippen LogP contribution in [0.15, 0.2) is 63.8 Å². The molecule has 1 heterocycles. The summed E-state index contributed by atoms with van der Waals surface area (Å²) in [6, 6.07) is 16.0. The number of hydrogen-bond acceptors (Lipinski definition) is 6. The van der Waals surface area contributed by atoms with Crippen molar-refractivity contribution in [3.63, 3.8) is 0 Å². The quantitative estimate of drug-likeness (QED) is 0.430. The van der Waals surface area contributed by atoms with Gasteiger partial charge in [-0.3, -0.25) is 9.59 Å². The van der Waals surface area contributed by atoms with E-state index < -0.39 is 30.8 Å². The number of esters is 1. The molecular weight excluding hydrogens is 465 g/mol. The van der Waals surface area contributed by atoms with Gasteiger partial charge in [-0.05, 0) is 46.9 Å². The SMILES string of the molecule is O=C(COC(=O)Cn1nc(-c2ccccc2)oc1=O)Nc1ccccc1I. The first-order valence-electron chi connectivity index (χ1n) is 7.86. The number of carbonyl (C=O) groups excluding carboxylic acids is 2. The number of halogens is 1. The number of carbonyl (C=O) groups is 2. The average Bonchev–Trinajstić information content (AvgIpc) is 3.03. The maximum Gasteiger partial charge on any atom is 0.437 e. The molecule has 0 spiro atoms. The van der Waals surface area contributed by atoms with Crippen molar-refractivity contribution < 1.29 is 18.7 Å².